The van der Waals surface area contributed by atoms with Gasteiger partial charge in [-0.05, 0) is 76.9 Å². The largest absolute Gasteiger partial charge is 0.670 e. The Morgan fingerprint density at radius 3 is 1.77 bits per heavy atom. The normalized spacial score (nSPS) is 19.4. The number of aliphatic hydroxyl groups is 3. The molecule has 4 radical (unpaired) electrons. The van der Waals surface area contributed by atoms with Gasteiger partial charge in [-0.15, -0.1) is 11.8 Å². The monoisotopic (exact) mass is 1680 g/mol. The first kappa shape index (κ1) is 66.2. The number of unbranched alkanes of at least 4 members (excludes halogenated alkanes) is 7. The molecule has 1 fully saturated rings. The maximum Gasteiger partial charge on any atom is 0.471 e. The fourth-order valence-corrected chi connectivity index (χ4v) is 6.46. The molecule has 3 unspecified atom stereocenters. The van der Waals surface area contributed by atoms with Crippen LogP contribution in [0.15, 0.2) is 0 Å². The van der Waals surface area contributed by atoms with Gasteiger partial charge in [-0.1, -0.05) is 25.3 Å². The number of amides is 4. The van der Waals surface area contributed by atoms with Crippen LogP contribution in [0.2, 0.25) is 6.82 Å². The van der Waals surface area contributed by atoms with Gasteiger partial charge in [-0.2, -0.15) is 13.2 Å². The Morgan fingerprint density at radius 1 is 0.768 bits per heavy atom. The van der Waals surface area contributed by atoms with Gasteiger partial charge in [0, 0.05) is 209 Å². The van der Waals surface area contributed by atoms with Crippen molar-refractivity contribution in [2.24, 2.45) is 0 Å². The molecule has 1 heterocycles. The molecule has 1 aliphatic heterocycles. The summed E-state index contributed by atoms with van der Waals surface area (Å²) in [6, 6.07) is -2.34. The zero-order valence-electron chi connectivity index (χ0n) is 32.4. The molecular weight excluding hydrogens is 1620 g/mol. The second-order valence-electron chi connectivity index (χ2n) is 12.9. The first-order valence-electron chi connectivity index (χ1n) is 18.2. The molecule has 0 aliphatic carbocycles. The minimum absolute atomic E-state index is 0. The predicted octanol–water partition coefficient (Wildman–Crippen LogP) is 1.14. The van der Waals surface area contributed by atoms with Crippen LogP contribution in [-0.2, 0) is 23.9 Å². The quantitative estimate of drug-likeness (QED) is 0.0398. The molecule has 4 amide bonds. The van der Waals surface area contributed by atoms with Gasteiger partial charge in [0.1, 0.15) is 18.2 Å². The number of hydrogen-bond donors (Lipinski definition) is 9. The van der Waals surface area contributed by atoms with Crippen LogP contribution in [0.4, 0.5) is 13.2 Å². The molecule has 15 nitrogen and oxygen atoms in total. The van der Waals surface area contributed by atoms with E-state index in [1.165, 1.54) is 18.6 Å². The van der Waals surface area contributed by atoms with Crippen LogP contribution >= 0.6 is 11.8 Å². The molecule has 0 aromatic rings. The Morgan fingerprint density at radius 2 is 1.27 bits per heavy atom. The van der Waals surface area contributed by atoms with E-state index in [-0.39, 0.29) is 207 Å². The average Bonchev–Trinajstić information content (AvgIpc) is 3.09. The van der Waals surface area contributed by atoms with Crippen molar-refractivity contribution < 1.29 is 234 Å². The van der Waals surface area contributed by atoms with Gasteiger partial charge in [0.05, 0.1) is 18.1 Å². The number of aliphatic hydroxyl groups excluding tert-OH is 3. The summed E-state index contributed by atoms with van der Waals surface area (Å²) in [5.41, 5.74) is 7.37. The zero-order chi connectivity index (χ0) is 38.9. The van der Waals surface area contributed by atoms with Crippen LogP contribution in [0.5, 0.6) is 0 Å². The summed E-state index contributed by atoms with van der Waals surface area (Å²) >= 11 is 1.37. The number of thioether (sulfide) groups is 1. The van der Waals surface area contributed by atoms with Crippen molar-refractivity contribution in [3.63, 3.8) is 0 Å². The summed E-state index contributed by atoms with van der Waals surface area (Å²) in [4.78, 5) is 48.0. The Labute approximate surface area is 477 Å². The summed E-state index contributed by atoms with van der Waals surface area (Å²) in [6.45, 7) is 2.72. The van der Waals surface area contributed by atoms with Crippen LogP contribution in [0.3, 0.4) is 0 Å². The van der Waals surface area contributed by atoms with E-state index >= 15 is 0 Å². The first-order valence-corrected chi connectivity index (χ1v) is 19.3. The van der Waals surface area contributed by atoms with E-state index in [0.29, 0.717) is 70.3 Å². The van der Waals surface area contributed by atoms with E-state index in [4.69, 9.17) is 10.5 Å². The molecule has 56 heavy (non-hydrogen) atoms. The topological polar surface area (TPSA) is 242 Å². The Bertz CT molecular complexity index is 1060. The Kier molecular flexibility index (Phi) is 47.4. The van der Waals surface area contributed by atoms with Gasteiger partial charge in [0.25, 0.3) is 0 Å². The van der Waals surface area contributed by atoms with Gasteiger partial charge < -0.3 is 57.3 Å². The zero-order valence-corrected chi connectivity index (χ0v) is 52.2. The van der Waals surface area contributed by atoms with E-state index in [1.54, 1.807) is 5.32 Å². The molecule has 6 atom stereocenters. The molecular formula is C32H59Ac4BF3N6O9S-. The molecule has 0 bridgehead atoms. The maximum absolute atomic E-state index is 12.7. The molecule has 1 saturated heterocycles. The van der Waals surface area contributed by atoms with Crippen molar-refractivity contribution in [3.05, 3.63) is 5.73 Å². The molecule has 24 heteroatoms. The number of alkyl halides is 3. The fourth-order valence-electron chi connectivity index (χ4n) is 5.26. The van der Waals surface area contributed by atoms with Crippen LogP contribution < -0.4 is 26.5 Å². The third-order valence-corrected chi connectivity index (χ3v) is 9.58. The van der Waals surface area contributed by atoms with Crippen molar-refractivity contribution in [2.45, 2.75) is 139 Å². The molecule has 0 spiro atoms. The molecule has 0 aromatic carbocycles. The summed E-state index contributed by atoms with van der Waals surface area (Å²) in [7, 11) is -0.735. The smallest absolute Gasteiger partial charge is 0.471 e. The Balaban J connectivity index is -0.00000338. The van der Waals surface area contributed by atoms with E-state index < -0.39 is 67.5 Å². The molecule has 314 valence electrons. The second-order valence-corrected chi connectivity index (χ2v) is 14.1. The third-order valence-electron chi connectivity index (χ3n) is 8.33. The molecule has 0 aromatic heterocycles. The summed E-state index contributed by atoms with van der Waals surface area (Å²) in [5, 5.41) is 51.0. The van der Waals surface area contributed by atoms with Crippen molar-refractivity contribution in [1.82, 2.24) is 26.5 Å². The number of rotatable bonds is 28. The van der Waals surface area contributed by atoms with Crippen LogP contribution in [0, 0.1) is 176 Å². The van der Waals surface area contributed by atoms with E-state index in [0.717, 1.165) is 32.1 Å². The summed E-state index contributed by atoms with van der Waals surface area (Å²) in [5.74, 6) is -2.36. The number of carbonyl (C=O) groups excluding carboxylic acids is 4. The number of ether oxygens (including phenoxy) is 1. The van der Waals surface area contributed by atoms with Crippen molar-refractivity contribution >= 4 is 42.4 Å². The molecule has 10 N–H and O–H groups in total. The molecule has 0 saturated carbocycles. The first-order chi connectivity index (χ1) is 24.7. The number of halogens is 3. The van der Waals surface area contributed by atoms with Gasteiger partial charge in [-0.25, -0.2) is 0 Å². The van der Waals surface area contributed by atoms with E-state index in [9.17, 15) is 52.7 Å². The van der Waals surface area contributed by atoms with E-state index in [2.05, 4.69) is 21.2 Å². The number of nitrogens with one attached hydrogen (secondary N) is 6. The molecule has 1 aliphatic rings. The third kappa shape index (κ3) is 32.3. The van der Waals surface area contributed by atoms with E-state index in [1.807, 2.05) is 0 Å². The van der Waals surface area contributed by atoms with Crippen molar-refractivity contribution in [2.75, 3.05) is 38.5 Å². The van der Waals surface area contributed by atoms with Crippen molar-refractivity contribution in [3.8, 4) is 0 Å². The Hall–Kier alpha value is 3.57. The number of carbonyl (C=O) groups is 4. The van der Waals surface area contributed by atoms with Crippen LogP contribution in [-0.4, -0.2) is 132 Å². The standard InChI is InChI=1S/C32H59BF3N6O9S.4Ac/c1-33(50)41-19-11-7-13-22(42-31(49)32(34,35)36)29(48)40-18-9-3-6-15-24(44)38-16-8-2-5-14-25(45)39-17-10-4-12-20-52-30-26(37)28(47)27(46)23(21-43)51-30;;;;/h22-23,26-28,30,37,41,43,46-47,50H,2-21H2,1H3,(H,38,44)(H,39,45)(H,40,48)(H,42,49);;;;/q-1;;;;/t22?,23?,26?,27-,28-,30-;;;;/m0..../s1. The predicted molar refractivity (Wildman–Crippen MR) is 192 cm³/mol. The maximum atomic E-state index is 12.7. The van der Waals surface area contributed by atoms with Gasteiger partial charge >= 0.3 is 19.1 Å². The number of hydrogen-bond acceptors (Lipinski definition) is 11. The second kappa shape index (κ2) is 40.1. The van der Waals surface area contributed by atoms with Gasteiger partial charge in [0.2, 0.25) is 17.7 Å². The summed E-state index contributed by atoms with van der Waals surface area (Å²) < 4.78 is 43.7. The minimum Gasteiger partial charge on any atom is -0.670 e. The van der Waals surface area contributed by atoms with Gasteiger partial charge in [0.15, 0.2) is 0 Å². The average molecular weight is 1680 g/mol. The SMILES string of the molecule is CB(O)NCCCCC(NC(=O)C(F)(F)F)C(=O)NCCCCCC(=O)NCCCCCC(=O)NCCCCCS[C@@H]1OC(CO)[C@H](O)[C@@H](O)C1[NH-].[Ac].[Ac].[Ac].[Ac]. The summed E-state index contributed by atoms with van der Waals surface area (Å²) in [6.07, 6.45) is -0.701. The van der Waals surface area contributed by atoms with Crippen molar-refractivity contribution in [1.29, 1.82) is 0 Å². The fraction of sp³-hybridized carbons (Fsp3) is 0.875. The van der Waals surface area contributed by atoms with Crippen LogP contribution in [0.25, 0.3) is 5.73 Å². The van der Waals surface area contributed by atoms with Crippen LogP contribution in [0.1, 0.15) is 89.9 Å². The van der Waals surface area contributed by atoms with Gasteiger partial charge in [-0.3, -0.25) is 19.2 Å². The molecule has 1 rings (SSSR count). The minimum atomic E-state index is -5.11.